The van der Waals surface area contributed by atoms with Crippen molar-refractivity contribution < 1.29 is 4.74 Å². The summed E-state index contributed by atoms with van der Waals surface area (Å²) in [5.41, 5.74) is 4.09. The van der Waals surface area contributed by atoms with Gasteiger partial charge in [0, 0.05) is 6.04 Å². The van der Waals surface area contributed by atoms with Gasteiger partial charge in [0.1, 0.15) is 5.75 Å². The Kier molecular flexibility index (Phi) is 5.47. The molecule has 1 aromatic rings. The van der Waals surface area contributed by atoms with Crippen molar-refractivity contribution in [1.29, 1.82) is 0 Å². The molecular weight excluding hydrogens is 246 g/mol. The predicted octanol–water partition coefficient (Wildman–Crippen LogP) is 4.02. The van der Waals surface area contributed by atoms with Gasteiger partial charge in [0.2, 0.25) is 0 Å². The Hall–Kier alpha value is -1.02. The molecule has 1 atom stereocenters. The Morgan fingerprint density at radius 1 is 1.25 bits per heavy atom. The molecule has 1 fully saturated rings. The molecule has 2 heteroatoms. The number of rotatable bonds is 8. The molecule has 2 nitrogen and oxygen atoms in total. The smallest absolute Gasteiger partial charge is 0.122 e. The minimum absolute atomic E-state index is 0.719. The van der Waals surface area contributed by atoms with Gasteiger partial charge in [-0.15, -0.1) is 0 Å². The minimum Gasteiger partial charge on any atom is -0.496 e. The summed E-state index contributed by atoms with van der Waals surface area (Å²) in [6, 6.07) is 5.20. The van der Waals surface area contributed by atoms with Gasteiger partial charge in [-0.25, -0.2) is 0 Å². The third-order valence-corrected chi connectivity index (χ3v) is 4.43. The monoisotopic (exact) mass is 275 g/mol. The number of methoxy groups -OCH3 is 1. The number of nitrogens with one attached hydrogen (secondary N) is 1. The number of benzene rings is 1. The number of ether oxygens (including phenoxy) is 1. The van der Waals surface area contributed by atoms with Crippen LogP contribution in [0.25, 0.3) is 0 Å². The van der Waals surface area contributed by atoms with Gasteiger partial charge in [0.15, 0.2) is 0 Å². The van der Waals surface area contributed by atoms with Crippen LogP contribution >= 0.6 is 0 Å². The average molecular weight is 275 g/mol. The van der Waals surface area contributed by atoms with E-state index in [1.807, 2.05) is 0 Å². The van der Waals surface area contributed by atoms with Crippen LogP contribution in [0, 0.1) is 19.8 Å². The van der Waals surface area contributed by atoms with Crippen LogP contribution in [0.2, 0.25) is 0 Å². The predicted molar refractivity (Wildman–Crippen MR) is 85.6 cm³/mol. The first-order chi connectivity index (χ1) is 9.65. The summed E-state index contributed by atoms with van der Waals surface area (Å²) in [5.74, 6) is 1.94. The van der Waals surface area contributed by atoms with E-state index in [0.717, 1.165) is 24.3 Å². The van der Waals surface area contributed by atoms with Crippen LogP contribution in [0.5, 0.6) is 5.75 Å². The molecule has 1 saturated carbocycles. The van der Waals surface area contributed by atoms with Crippen LogP contribution in [0.3, 0.4) is 0 Å². The van der Waals surface area contributed by atoms with Crippen molar-refractivity contribution in [2.45, 2.75) is 58.9 Å². The molecule has 1 aromatic carbocycles. The zero-order valence-corrected chi connectivity index (χ0v) is 13.5. The summed E-state index contributed by atoms with van der Waals surface area (Å²) >= 11 is 0. The Morgan fingerprint density at radius 3 is 2.60 bits per heavy atom. The lowest BCUT2D eigenvalue weighted by molar-refractivity contribution is 0.410. The summed E-state index contributed by atoms with van der Waals surface area (Å²) in [5, 5.41) is 3.73. The average Bonchev–Trinajstić information content (AvgIpc) is 3.26. The molecule has 1 aliphatic carbocycles. The van der Waals surface area contributed by atoms with Gasteiger partial charge in [0.05, 0.1) is 7.11 Å². The lowest BCUT2D eigenvalue weighted by Gasteiger charge is -2.19. The van der Waals surface area contributed by atoms with Crippen LogP contribution in [-0.4, -0.2) is 19.7 Å². The Labute approximate surface area is 123 Å². The third-order valence-electron chi connectivity index (χ3n) is 4.43. The van der Waals surface area contributed by atoms with Crippen molar-refractivity contribution in [1.82, 2.24) is 5.32 Å². The summed E-state index contributed by atoms with van der Waals surface area (Å²) < 4.78 is 5.40. The van der Waals surface area contributed by atoms with Gasteiger partial charge in [-0.3, -0.25) is 0 Å². The van der Waals surface area contributed by atoms with Gasteiger partial charge in [-0.2, -0.15) is 0 Å². The van der Waals surface area contributed by atoms with Crippen LogP contribution < -0.4 is 10.1 Å². The van der Waals surface area contributed by atoms with Gasteiger partial charge >= 0.3 is 0 Å². The first-order valence-corrected chi connectivity index (χ1v) is 8.03. The highest BCUT2D eigenvalue weighted by molar-refractivity contribution is 5.41. The van der Waals surface area contributed by atoms with E-state index in [9.17, 15) is 0 Å². The molecule has 0 aromatic heterocycles. The van der Waals surface area contributed by atoms with Crippen LogP contribution in [0.1, 0.15) is 49.3 Å². The summed E-state index contributed by atoms with van der Waals surface area (Å²) in [6.45, 7) is 7.73. The Morgan fingerprint density at radius 2 is 2.00 bits per heavy atom. The molecule has 2 rings (SSSR count). The zero-order chi connectivity index (χ0) is 14.5. The molecule has 0 heterocycles. The molecule has 0 aliphatic heterocycles. The largest absolute Gasteiger partial charge is 0.496 e. The van der Waals surface area contributed by atoms with Gasteiger partial charge in [-0.05, 0) is 81.2 Å². The van der Waals surface area contributed by atoms with Crippen molar-refractivity contribution in [3.8, 4) is 5.75 Å². The second-order valence-electron chi connectivity index (χ2n) is 6.19. The fraction of sp³-hybridized carbons (Fsp3) is 0.667. The number of hydrogen-bond donors (Lipinski definition) is 1. The SMILES string of the molecule is CCCNC(CCc1cc(C)c(OC)cc1C)C1CC1. The first kappa shape index (κ1) is 15.4. The second kappa shape index (κ2) is 7.12. The van der Waals surface area contributed by atoms with E-state index in [4.69, 9.17) is 4.74 Å². The van der Waals surface area contributed by atoms with Crippen LogP contribution in [0.4, 0.5) is 0 Å². The Bertz CT molecular complexity index is 437. The standard InChI is InChI=1S/C18H29NO/c1-5-10-19-17(15-6-7-15)9-8-16-11-14(3)18(20-4)12-13(16)2/h11-12,15,17,19H,5-10H2,1-4H3. The third kappa shape index (κ3) is 3.99. The molecule has 0 amide bonds. The fourth-order valence-corrected chi connectivity index (χ4v) is 2.98. The van der Waals surface area contributed by atoms with Gasteiger partial charge in [-0.1, -0.05) is 13.0 Å². The second-order valence-corrected chi connectivity index (χ2v) is 6.19. The molecule has 112 valence electrons. The van der Waals surface area contributed by atoms with Gasteiger partial charge in [0.25, 0.3) is 0 Å². The fourth-order valence-electron chi connectivity index (χ4n) is 2.98. The van der Waals surface area contributed by atoms with E-state index in [-0.39, 0.29) is 0 Å². The van der Waals surface area contributed by atoms with Crippen LogP contribution in [0.15, 0.2) is 12.1 Å². The topological polar surface area (TPSA) is 21.3 Å². The normalized spacial score (nSPS) is 16.2. The maximum absolute atomic E-state index is 5.40. The van der Waals surface area contributed by atoms with E-state index in [0.29, 0.717) is 0 Å². The van der Waals surface area contributed by atoms with E-state index in [1.165, 1.54) is 48.8 Å². The lowest BCUT2D eigenvalue weighted by Crippen LogP contribution is -2.32. The molecule has 1 unspecified atom stereocenters. The quantitative estimate of drug-likeness (QED) is 0.773. The van der Waals surface area contributed by atoms with Crippen molar-refractivity contribution in [3.63, 3.8) is 0 Å². The number of hydrogen-bond acceptors (Lipinski definition) is 2. The molecular formula is C18H29NO. The maximum Gasteiger partial charge on any atom is 0.122 e. The highest BCUT2D eigenvalue weighted by Gasteiger charge is 2.30. The Balaban J connectivity index is 1.96. The van der Waals surface area contributed by atoms with E-state index >= 15 is 0 Å². The molecule has 1 N–H and O–H groups in total. The zero-order valence-electron chi connectivity index (χ0n) is 13.5. The molecule has 0 radical (unpaired) electrons. The van der Waals surface area contributed by atoms with Crippen molar-refractivity contribution in [2.24, 2.45) is 5.92 Å². The maximum atomic E-state index is 5.40. The van der Waals surface area contributed by atoms with E-state index in [1.54, 1.807) is 7.11 Å². The van der Waals surface area contributed by atoms with Crippen molar-refractivity contribution >= 4 is 0 Å². The van der Waals surface area contributed by atoms with Crippen LogP contribution in [-0.2, 0) is 6.42 Å². The highest BCUT2D eigenvalue weighted by Crippen LogP contribution is 2.35. The summed E-state index contributed by atoms with van der Waals surface area (Å²) in [4.78, 5) is 0. The van der Waals surface area contributed by atoms with E-state index < -0.39 is 0 Å². The molecule has 20 heavy (non-hydrogen) atoms. The van der Waals surface area contributed by atoms with Crippen molar-refractivity contribution in [3.05, 3.63) is 28.8 Å². The number of aryl methyl sites for hydroxylation is 3. The lowest BCUT2D eigenvalue weighted by atomic mass is 9.96. The van der Waals surface area contributed by atoms with E-state index in [2.05, 4.69) is 38.2 Å². The summed E-state index contributed by atoms with van der Waals surface area (Å²) in [6.07, 6.45) is 6.50. The van der Waals surface area contributed by atoms with Crippen molar-refractivity contribution in [2.75, 3.05) is 13.7 Å². The molecule has 1 aliphatic rings. The highest BCUT2D eigenvalue weighted by atomic mass is 16.5. The first-order valence-electron chi connectivity index (χ1n) is 8.03. The summed E-state index contributed by atoms with van der Waals surface area (Å²) in [7, 11) is 1.75. The van der Waals surface area contributed by atoms with Gasteiger partial charge < -0.3 is 10.1 Å². The molecule has 0 spiro atoms. The minimum atomic E-state index is 0.719. The molecule has 0 bridgehead atoms. The molecule has 0 saturated heterocycles.